The van der Waals surface area contributed by atoms with Crippen LogP contribution < -0.4 is 0 Å². The van der Waals surface area contributed by atoms with E-state index in [1.807, 2.05) is 29.6 Å². The average molecular weight is 295 g/mol. The quantitative estimate of drug-likeness (QED) is 0.767. The number of ketones is 1. The second kappa shape index (κ2) is 5.41. The van der Waals surface area contributed by atoms with Gasteiger partial charge >= 0.3 is 0 Å². The van der Waals surface area contributed by atoms with Gasteiger partial charge in [-0.15, -0.1) is 11.3 Å². The van der Waals surface area contributed by atoms with Gasteiger partial charge < -0.3 is 0 Å². The molecule has 0 aliphatic carbocycles. The summed E-state index contributed by atoms with van der Waals surface area (Å²) in [5.74, 6) is 0.214. The summed E-state index contributed by atoms with van der Waals surface area (Å²) in [5, 5.41) is 1.93. The summed E-state index contributed by atoms with van der Waals surface area (Å²) >= 11 is 4.88. The van der Waals surface area contributed by atoms with Crippen molar-refractivity contribution in [2.45, 2.75) is 12.8 Å². The van der Waals surface area contributed by atoms with E-state index in [-0.39, 0.29) is 5.78 Å². The van der Waals surface area contributed by atoms with Gasteiger partial charge in [0.2, 0.25) is 0 Å². The van der Waals surface area contributed by atoms with Crippen LogP contribution in [0.5, 0.6) is 0 Å². The Morgan fingerprint density at radius 2 is 1.94 bits per heavy atom. The highest BCUT2D eigenvalue weighted by molar-refractivity contribution is 9.10. The van der Waals surface area contributed by atoms with Crippen molar-refractivity contribution < 1.29 is 4.79 Å². The molecule has 0 unspecified atom stereocenters. The van der Waals surface area contributed by atoms with Gasteiger partial charge in [0.25, 0.3) is 0 Å². The molecular weight excluding hydrogens is 284 g/mol. The van der Waals surface area contributed by atoms with E-state index < -0.39 is 0 Å². The summed E-state index contributed by atoms with van der Waals surface area (Å²) < 4.78 is 0.913. The van der Waals surface area contributed by atoms with E-state index in [9.17, 15) is 4.79 Å². The third-order valence-electron chi connectivity index (χ3n) is 2.35. The average Bonchev–Trinajstić information content (AvgIpc) is 2.74. The molecule has 0 amide bonds. The highest BCUT2D eigenvalue weighted by atomic mass is 79.9. The smallest absolute Gasteiger partial charge is 0.174 e. The largest absolute Gasteiger partial charge is 0.293 e. The molecule has 0 bridgehead atoms. The second-order valence-corrected chi connectivity index (χ2v) is 5.28. The van der Waals surface area contributed by atoms with E-state index in [1.165, 1.54) is 16.9 Å². The number of benzene rings is 1. The minimum Gasteiger partial charge on any atom is -0.293 e. The maximum Gasteiger partial charge on any atom is 0.174 e. The molecule has 0 radical (unpaired) electrons. The minimum absolute atomic E-state index is 0.214. The fourth-order valence-corrected chi connectivity index (χ4v) is 3.07. The second-order valence-electron chi connectivity index (χ2n) is 3.51. The molecule has 82 valence electrons. The molecule has 0 saturated heterocycles. The fraction of sp³-hybridized carbons (Fsp3) is 0.154. The Morgan fingerprint density at radius 1 is 1.19 bits per heavy atom. The SMILES string of the molecule is O=C(CCc1ccccc1)c1sccc1Br. The number of halogens is 1. The van der Waals surface area contributed by atoms with Gasteiger partial charge in [0.05, 0.1) is 4.88 Å². The monoisotopic (exact) mass is 294 g/mol. The van der Waals surface area contributed by atoms with E-state index >= 15 is 0 Å². The van der Waals surface area contributed by atoms with E-state index in [0.29, 0.717) is 6.42 Å². The number of thiophene rings is 1. The van der Waals surface area contributed by atoms with E-state index in [1.54, 1.807) is 0 Å². The molecule has 0 aliphatic rings. The first kappa shape index (κ1) is 11.6. The number of carbonyl (C=O) groups is 1. The maximum absolute atomic E-state index is 11.9. The highest BCUT2D eigenvalue weighted by Crippen LogP contribution is 2.24. The maximum atomic E-state index is 11.9. The van der Waals surface area contributed by atoms with Crippen molar-refractivity contribution in [3.63, 3.8) is 0 Å². The Kier molecular flexibility index (Phi) is 3.91. The molecule has 0 atom stereocenters. The van der Waals surface area contributed by atoms with Crippen LogP contribution in [0.1, 0.15) is 21.7 Å². The summed E-state index contributed by atoms with van der Waals surface area (Å²) in [5.41, 5.74) is 1.21. The van der Waals surface area contributed by atoms with Gasteiger partial charge in [-0.05, 0) is 39.4 Å². The van der Waals surface area contributed by atoms with Crippen LogP contribution in [0.25, 0.3) is 0 Å². The van der Waals surface area contributed by atoms with Crippen molar-refractivity contribution in [2.75, 3.05) is 0 Å². The lowest BCUT2D eigenvalue weighted by atomic mass is 10.1. The Labute approximate surface area is 107 Å². The van der Waals surface area contributed by atoms with Gasteiger partial charge in [-0.25, -0.2) is 0 Å². The molecule has 1 heterocycles. The zero-order chi connectivity index (χ0) is 11.4. The summed E-state index contributed by atoms with van der Waals surface area (Å²) in [4.78, 5) is 12.7. The zero-order valence-corrected chi connectivity index (χ0v) is 11.1. The van der Waals surface area contributed by atoms with E-state index in [4.69, 9.17) is 0 Å². The molecule has 1 aromatic heterocycles. The normalized spacial score (nSPS) is 10.3. The molecule has 0 saturated carbocycles. The number of Topliss-reactive ketones (excluding diaryl/α,β-unsaturated/α-hetero) is 1. The molecule has 1 aromatic carbocycles. The van der Waals surface area contributed by atoms with Crippen LogP contribution >= 0.6 is 27.3 Å². The van der Waals surface area contributed by atoms with Crippen LogP contribution in [0.15, 0.2) is 46.3 Å². The molecule has 2 rings (SSSR count). The number of hydrogen-bond acceptors (Lipinski definition) is 2. The van der Waals surface area contributed by atoms with Gasteiger partial charge in [-0.3, -0.25) is 4.79 Å². The predicted octanol–water partition coefficient (Wildman–Crippen LogP) is 4.33. The van der Waals surface area contributed by atoms with Crippen molar-refractivity contribution in [3.05, 3.63) is 56.7 Å². The molecule has 3 heteroatoms. The topological polar surface area (TPSA) is 17.1 Å². The summed E-state index contributed by atoms with van der Waals surface area (Å²) in [7, 11) is 0. The van der Waals surface area contributed by atoms with Crippen molar-refractivity contribution >= 4 is 33.0 Å². The first-order chi connectivity index (χ1) is 7.77. The Hall–Kier alpha value is -0.930. The minimum atomic E-state index is 0.214. The summed E-state index contributed by atoms with van der Waals surface area (Å²) in [6, 6.07) is 12.0. The molecule has 0 aliphatic heterocycles. The van der Waals surface area contributed by atoms with Crippen molar-refractivity contribution in [2.24, 2.45) is 0 Å². The zero-order valence-electron chi connectivity index (χ0n) is 8.65. The molecule has 0 N–H and O–H groups in total. The Bertz CT molecular complexity index is 476. The van der Waals surface area contributed by atoms with E-state index in [2.05, 4.69) is 28.1 Å². The lowest BCUT2D eigenvalue weighted by Gasteiger charge is -2.00. The number of aryl methyl sites for hydroxylation is 1. The first-order valence-corrected chi connectivity index (χ1v) is 6.75. The highest BCUT2D eigenvalue weighted by Gasteiger charge is 2.11. The van der Waals surface area contributed by atoms with Crippen LogP contribution in [-0.4, -0.2) is 5.78 Å². The van der Waals surface area contributed by atoms with Crippen LogP contribution in [0.2, 0.25) is 0 Å². The first-order valence-electron chi connectivity index (χ1n) is 5.07. The van der Waals surface area contributed by atoms with Crippen molar-refractivity contribution in [1.82, 2.24) is 0 Å². The lowest BCUT2D eigenvalue weighted by molar-refractivity contribution is 0.0986. The number of carbonyl (C=O) groups excluding carboxylic acids is 1. The number of rotatable bonds is 4. The Morgan fingerprint density at radius 3 is 2.56 bits per heavy atom. The van der Waals surface area contributed by atoms with Gasteiger partial charge in [0.1, 0.15) is 0 Å². The lowest BCUT2D eigenvalue weighted by Crippen LogP contribution is -1.99. The van der Waals surface area contributed by atoms with Crippen LogP contribution in [0, 0.1) is 0 Å². The predicted molar refractivity (Wildman–Crippen MR) is 71.1 cm³/mol. The third kappa shape index (κ3) is 2.80. The van der Waals surface area contributed by atoms with E-state index in [0.717, 1.165) is 15.8 Å². The summed E-state index contributed by atoms with van der Waals surface area (Å²) in [6.07, 6.45) is 1.38. The standard InChI is InChI=1S/C13H11BrOS/c14-11-8-9-16-13(11)12(15)7-6-10-4-2-1-3-5-10/h1-5,8-9H,6-7H2. The van der Waals surface area contributed by atoms with Crippen LogP contribution in [0.4, 0.5) is 0 Å². The van der Waals surface area contributed by atoms with Gasteiger partial charge in [0.15, 0.2) is 5.78 Å². The Balaban J connectivity index is 1.97. The third-order valence-corrected chi connectivity index (χ3v) is 4.23. The molecule has 2 aromatic rings. The van der Waals surface area contributed by atoms with Gasteiger partial charge in [-0.2, -0.15) is 0 Å². The van der Waals surface area contributed by atoms with Crippen molar-refractivity contribution in [1.29, 1.82) is 0 Å². The fourth-order valence-electron chi connectivity index (χ4n) is 1.51. The molecule has 0 spiro atoms. The molecule has 0 fully saturated rings. The van der Waals surface area contributed by atoms with Crippen LogP contribution in [-0.2, 0) is 6.42 Å². The number of hydrogen-bond donors (Lipinski definition) is 0. The van der Waals surface area contributed by atoms with Gasteiger partial charge in [-0.1, -0.05) is 30.3 Å². The van der Waals surface area contributed by atoms with Gasteiger partial charge in [0, 0.05) is 10.9 Å². The molecule has 16 heavy (non-hydrogen) atoms. The summed E-state index contributed by atoms with van der Waals surface area (Å²) in [6.45, 7) is 0. The van der Waals surface area contributed by atoms with Crippen LogP contribution in [0.3, 0.4) is 0 Å². The molecular formula is C13H11BrOS. The van der Waals surface area contributed by atoms with Crippen molar-refractivity contribution in [3.8, 4) is 0 Å². The molecule has 1 nitrogen and oxygen atoms in total.